The summed E-state index contributed by atoms with van der Waals surface area (Å²) in [4.78, 5) is 9.92. The van der Waals surface area contributed by atoms with E-state index in [1.54, 1.807) is 0 Å². The molecule has 5 nitrogen and oxygen atoms in total. The smallest absolute Gasteiger partial charge is 0.303 e. The standard InChI is InChI=1S/C13H13ClN2O3/c1-10(7-12(14)13(8-15)16(17)18)19-9-11-5-3-2-4-6-11/h2-8H,1,9,15H2/b12-7+,13-8+. The van der Waals surface area contributed by atoms with Gasteiger partial charge in [-0.15, -0.1) is 0 Å². The van der Waals surface area contributed by atoms with E-state index < -0.39 is 10.6 Å². The molecule has 2 N–H and O–H groups in total. The number of allylic oxidation sites excluding steroid dienone is 2. The zero-order valence-corrected chi connectivity index (χ0v) is 10.8. The molecule has 0 aromatic heterocycles. The van der Waals surface area contributed by atoms with E-state index in [4.69, 9.17) is 22.1 Å². The van der Waals surface area contributed by atoms with Gasteiger partial charge in [-0.2, -0.15) is 0 Å². The fraction of sp³-hybridized carbons (Fsp3) is 0.0769. The van der Waals surface area contributed by atoms with Gasteiger partial charge in [0, 0.05) is 6.08 Å². The van der Waals surface area contributed by atoms with Crippen LogP contribution in [0.1, 0.15) is 5.56 Å². The van der Waals surface area contributed by atoms with Crippen LogP contribution in [-0.4, -0.2) is 4.92 Å². The molecule has 0 aliphatic rings. The third-order valence-corrected chi connectivity index (χ3v) is 2.46. The Kier molecular flexibility index (Phi) is 5.63. The van der Waals surface area contributed by atoms with Gasteiger partial charge in [0.2, 0.25) is 0 Å². The molecule has 1 rings (SSSR count). The average molecular weight is 281 g/mol. The molecule has 0 fully saturated rings. The molecule has 6 heteroatoms. The van der Waals surface area contributed by atoms with Crippen LogP contribution in [0, 0.1) is 10.1 Å². The van der Waals surface area contributed by atoms with Crippen molar-refractivity contribution < 1.29 is 9.66 Å². The van der Waals surface area contributed by atoms with Crippen LogP contribution in [0.15, 0.2) is 65.7 Å². The second-order valence-electron chi connectivity index (χ2n) is 3.54. The molecule has 0 atom stereocenters. The number of hydrogen-bond acceptors (Lipinski definition) is 4. The molecular formula is C13H13ClN2O3. The van der Waals surface area contributed by atoms with Crippen LogP contribution in [0.5, 0.6) is 0 Å². The van der Waals surface area contributed by atoms with Gasteiger partial charge in [-0.05, 0) is 5.56 Å². The van der Waals surface area contributed by atoms with Crippen molar-refractivity contribution in [2.45, 2.75) is 6.61 Å². The third kappa shape index (κ3) is 4.85. The number of rotatable bonds is 6. The summed E-state index contributed by atoms with van der Waals surface area (Å²) >= 11 is 5.75. The fourth-order valence-corrected chi connectivity index (χ4v) is 1.49. The van der Waals surface area contributed by atoms with Gasteiger partial charge in [-0.25, -0.2) is 0 Å². The summed E-state index contributed by atoms with van der Waals surface area (Å²) in [6.45, 7) is 3.92. The third-order valence-electron chi connectivity index (χ3n) is 2.15. The van der Waals surface area contributed by atoms with Crippen LogP contribution in [0.2, 0.25) is 0 Å². The van der Waals surface area contributed by atoms with Crippen molar-refractivity contribution in [3.05, 3.63) is 81.4 Å². The van der Waals surface area contributed by atoms with Crippen LogP contribution >= 0.6 is 11.6 Å². The van der Waals surface area contributed by atoms with E-state index in [-0.39, 0.29) is 10.8 Å². The molecule has 1 aromatic carbocycles. The molecule has 0 aliphatic heterocycles. The van der Waals surface area contributed by atoms with Gasteiger partial charge in [0.15, 0.2) is 0 Å². The van der Waals surface area contributed by atoms with Crippen LogP contribution in [-0.2, 0) is 11.3 Å². The van der Waals surface area contributed by atoms with Gasteiger partial charge in [-0.3, -0.25) is 10.1 Å². The highest BCUT2D eigenvalue weighted by molar-refractivity contribution is 6.31. The molecule has 0 radical (unpaired) electrons. The summed E-state index contributed by atoms with van der Waals surface area (Å²) in [5.74, 6) is 0.218. The van der Waals surface area contributed by atoms with Crippen LogP contribution in [0.25, 0.3) is 0 Å². The van der Waals surface area contributed by atoms with Crippen molar-refractivity contribution in [3.8, 4) is 0 Å². The number of benzene rings is 1. The molecule has 100 valence electrons. The lowest BCUT2D eigenvalue weighted by atomic mass is 10.2. The first-order chi connectivity index (χ1) is 9.04. The first kappa shape index (κ1) is 14.8. The summed E-state index contributed by atoms with van der Waals surface area (Å²) in [7, 11) is 0. The van der Waals surface area contributed by atoms with Crippen LogP contribution < -0.4 is 5.73 Å². The number of nitrogens with zero attached hydrogens (tertiary/aromatic N) is 1. The summed E-state index contributed by atoms with van der Waals surface area (Å²) in [5.41, 5.74) is 5.67. The molecule has 0 spiro atoms. The van der Waals surface area contributed by atoms with E-state index in [9.17, 15) is 10.1 Å². The maximum atomic E-state index is 10.6. The Morgan fingerprint density at radius 3 is 2.63 bits per heavy atom. The minimum Gasteiger partial charge on any atom is -0.489 e. The van der Waals surface area contributed by atoms with Crippen molar-refractivity contribution in [1.82, 2.24) is 0 Å². The highest BCUT2D eigenvalue weighted by Gasteiger charge is 2.14. The zero-order chi connectivity index (χ0) is 14.3. The highest BCUT2D eigenvalue weighted by atomic mass is 35.5. The molecule has 0 saturated heterocycles. The maximum Gasteiger partial charge on any atom is 0.303 e. The molecule has 0 saturated carbocycles. The van der Waals surface area contributed by atoms with E-state index in [2.05, 4.69) is 6.58 Å². The molecule has 0 amide bonds. The number of nitrogens with two attached hydrogens (primary N) is 1. The van der Waals surface area contributed by atoms with Crippen LogP contribution in [0.3, 0.4) is 0 Å². The molecule has 19 heavy (non-hydrogen) atoms. The second-order valence-corrected chi connectivity index (χ2v) is 3.95. The van der Waals surface area contributed by atoms with Gasteiger partial charge in [0.25, 0.3) is 0 Å². The summed E-state index contributed by atoms with van der Waals surface area (Å²) in [6.07, 6.45) is 2.08. The molecule has 0 aliphatic carbocycles. The van der Waals surface area contributed by atoms with Crippen molar-refractivity contribution in [2.75, 3.05) is 0 Å². The van der Waals surface area contributed by atoms with E-state index in [1.807, 2.05) is 30.3 Å². The predicted octanol–water partition coefficient (Wildman–Crippen LogP) is 2.92. The van der Waals surface area contributed by atoms with Crippen molar-refractivity contribution in [1.29, 1.82) is 0 Å². The Balaban J connectivity index is 2.62. The van der Waals surface area contributed by atoms with Gasteiger partial charge in [0.1, 0.15) is 17.4 Å². The Morgan fingerprint density at radius 2 is 2.11 bits per heavy atom. The Hall–Kier alpha value is -2.27. The molecule has 0 unspecified atom stereocenters. The van der Waals surface area contributed by atoms with Crippen molar-refractivity contribution >= 4 is 11.6 Å². The van der Waals surface area contributed by atoms with Gasteiger partial charge in [-0.1, -0.05) is 48.5 Å². The lowest BCUT2D eigenvalue weighted by Gasteiger charge is -2.06. The summed E-state index contributed by atoms with van der Waals surface area (Å²) in [6, 6.07) is 9.44. The maximum absolute atomic E-state index is 10.6. The average Bonchev–Trinajstić information content (AvgIpc) is 2.38. The Morgan fingerprint density at radius 1 is 1.47 bits per heavy atom. The number of ether oxygens (including phenoxy) is 1. The predicted molar refractivity (Wildman–Crippen MR) is 73.6 cm³/mol. The van der Waals surface area contributed by atoms with Gasteiger partial charge >= 0.3 is 5.70 Å². The second kappa shape index (κ2) is 7.23. The number of nitro groups is 1. The van der Waals surface area contributed by atoms with E-state index in [0.717, 1.165) is 11.8 Å². The topological polar surface area (TPSA) is 78.4 Å². The van der Waals surface area contributed by atoms with Gasteiger partial charge < -0.3 is 10.5 Å². The lowest BCUT2D eigenvalue weighted by Crippen LogP contribution is -2.02. The van der Waals surface area contributed by atoms with E-state index in [0.29, 0.717) is 6.61 Å². The van der Waals surface area contributed by atoms with Crippen molar-refractivity contribution in [3.63, 3.8) is 0 Å². The lowest BCUT2D eigenvalue weighted by molar-refractivity contribution is -0.420. The fourth-order valence-electron chi connectivity index (χ4n) is 1.23. The Labute approximate surface area is 115 Å². The highest BCUT2D eigenvalue weighted by Crippen LogP contribution is 2.17. The molecule has 0 bridgehead atoms. The van der Waals surface area contributed by atoms with E-state index in [1.165, 1.54) is 6.08 Å². The minimum atomic E-state index is -0.677. The Bertz CT molecular complexity index is 524. The largest absolute Gasteiger partial charge is 0.489 e. The van der Waals surface area contributed by atoms with Crippen LogP contribution in [0.4, 0.5) is 0 Å². The zero-order valence-electron chi connectivity index (χ0n) is 10.1. The van der Waals surface area contributed by atoms with E-state index >= 15 is 0 Å². The van der Waals surface area contributed by atoms with Crippen molar-refractivity contribution in [2.24, 2.45) is 5.73 Å². The molecule has 0 heterocycles. The quantitative estimate of drug-likeness (QED) is 0.376. The SMILES string of the molecule is C=C(/C=C(Cl)\C(=C/N)[N+](=O)[O-])OCc1ccccc1. The molecule has 1 aromatic rings. The van der Waals surface area contributed by atoms with Gasteiger partial charge in [0.05, 0.1) is 11.1 Å². The summed E-state index contributed by atoms with van der Waals surface area (Å²) < 4.78 is 5.33. The first-order valence-electron chi connectivity index (χ1n) is 5.34. The molecular weight excluding hydrogens is 268 g/mol. The first-order valence-corrected chi connectivity index (χ1v) is 5.72. The minimum absolute atomic E-state index is 0.134. The number of halogens is 1. The number of hydrogen-bond donors (Lipinski definition) is 1. The monoisotopic (exact) mass is 280 g/mol. The normalized spacial score (nSPS) is 12.1. The summed E-state index contributed by atoms with van der Waals surface area (Å²) in [5, 5.41) is 10.5.